The first-order valence-corrected chi connectivity index (χ1v) is 9.50. The highest BCUT2D eigenvalue weighted by Gasteiger charge is 2.22. The summed E-state index contributed by atoms with van der Waals surface area (Å²) in [6, 6.07) is 9.27. The van der Waals surface area contributed by atoms with Gasteiger partial charge in [-0.2, -0.15) is 0 Å². The van der Waals surface area contributed by atoms with Crippen molar-refractivity contribution in [3.8, 4) is 11.5 Å². The number of carbonyl (C=O) groups excluding carboxylic acids is 1. The third-order valence-corrected chi connectivity index (χ3v) is 4.60. The van der Waals surface area contributed by atoms with Crippen LogP contribution < -0.4 is 20.5 Å². The highest BCUT2D eigenvalue weighted by molar-refractivity contribution is 6.30. The molecule has 0 saturated heterocycles. The van der Waals surface area contributed by atoms with Crippen LogP contribution in [0.1, 0.15) is 24.1 Å². The maximum absolute atomic E-state index is 12.2. The highest BCUT2D eigenvalue weighted by atomic mass is 35.5. The van der Waals surface area contributed by atoms with Crippen molar-refractivity contribution in [1.29, 1.82) is 0 Å². The van der Waals surface area contributed by atoms with Gasteiger partial charge >= 0.3 is 5.97 Å². The predicted octanol–water partition coefficient (Wildman–Crippen LogP) is 3.23. The molecule has 8 nitrogen and oxygen atoms in total. The molecule has 9 heteroatoms. The molecule has 2 atom stereocenters. The third-order valence-electron chi connectivity index (χ3n) is 4.36. The molecule has 0 spiro atoms. The Balaban J connectivity index is 2.26. The summed E-state index contributed by atoms with van der Waals surface area (Å²) < 4.78 is 16.1. The van der Waals surface area contributed by atoms with Gasteiger partial charge in [-0.25, -0.2) is 0 Å². The van der Waals surface area contributed by atoms with Gasteiger partial charge in [0.1, 0.15) is 17.5 Å². The minimum absolute atomic E-state index is 0.0706. The van der Waals surface area contributed by atoms with E-state index in [0.717, 1.165) is 5.56 Å². The molecule has 0 heterocycles. The Hall–Kier alpha value is -2.97. The summed E-state index contributed by atoms with van der Waals surface area (Å²) in [7, 11) is 3.00. The van der Waals surface area contributed by atoms with Gasteiger partial charge in [0.05, 0.1) is 33.4 Å². The van der Waals surface area contributed by atoms with E-state index in [4.69, 9.17) is 36.7 Å². The Labute approximate surface area is 179 Å². The van der Waals surface area contributed by atoms with Gasteiger partial charge in [-0.05, 0) is 36.8 Å². The normalized spacial score (nSPS) is 12.7. The van der Waals surface area contributed by atoms with Crippen LogP contribution in [0.5, 0.6) is 11.5 Å². The molecule has 2 unspecified atom stereocenters. The number of hydrogen-bond acceptors (Lipinski definition) is 6. The molecule has 0 fully saturated rings. The second kappa shape index (κ2) is 10.7. The predicted molar refractivity (Wildman–Crippen MR) is 113 cm³/mol. The molecule has 162 valence electrons. The summed E-state index contributed by atoms with van der Waals surface area (Å²) in [4.78, 5) is 23.1. The van der Waals surface area contributed by atoms with Crippen LogP contribution in [0.2, 0.25) is 5.02 Å². The van der Waals surface area contributed by atoms with Crippen molar-refractivity contribution in [2.75, 3.05) is 26.1 Å². The molecular formula is C21H25ClN2O6. The van der Waals surface area contributed by atoms with Gasteiger partial charge in [0, 0.05) is 22.3 Å². The van der Waals surface area contributed by atoms with Crippen LogP contribution >= 0.6 is 11.6 Å². The van der Waals surface area contributed by atoms with E-state index in [0.29, 0.717) is 27.8 Å². The zero-order valence-electron chi connectivity index (χ0n) is 17.0. The fourth-order valence-corrected chi connectivity index (χ4v) is 2.92. The van der Waals surface area contributed by atoms with Gasteiger partial charge < -0.3 is 30.4 Å². The lowest BCUT2D eigenvalue weighted by molar-refractivity contribution is -0.143. The van der Waals surface area contributed by atoms with E-state index in [-0.39, 0.29) is 13.2 Å². The molecule has 30 heavy (non-hydrogen) atoms. The van der Waals surface area contributed by atoms with Crippen LogP contribution in [0.3, 0.4) is 0 Å². The number of benzene rings is 2. The third kappa shape index (κ3) is 6.27. The SMILES string of the molecule is COc1cc(COCC(C)C(=O)O)cc(NC(C(N)=O)c2ccc(Cl)cc2OC)c1. The van der Waals surface area contributed by atoms with Gasteiger partial charge in [-0.15, -0.1) is 0 Å². The Morgan fingerprint density at radius 2 is 1.90 bits per heavy atom. The number of halogens is 1. The number of carbonyl (C=O) groups is 2. The average Bonchev–Trinajstić information content (AvgIpc) is 2.71. The summed E-state index contributed by atoms with van der Waals surface area (Å²) >= 11 is 6.01. The molecule has 2 aromatic rings. The number of rotatable bonds is 11. The minimum atomic E-state index is -0.927. The second-order valence-corrected chi connectivity index (χ2v) is 7.13. The van der Waals surface area contributed by atoms with Crippen LogP contribution in [0.25, 0.3) is 0 Å². The Bertz CT molecular complexity index is 905. The molecule has 0 radical (unpaired) electrons. The van der Waals surface area contributed by atoms with Gasteiger partial charge in [-0.3, -0.25) is 9.59 Å². The van der Waals surface area contributed by atoms with Crippen molar-refractivity contribution in [3.63, 3.8) is 0 Å². The number of carboxylic acids is 1. The number of ether oxygens (including phenoxy) is 3. The monoisotopic (exact) mass is 436 g/mol. The smallest absolute Gasteiger partial charge is 0.308 e. The summed E-state index contributed by atoms with van der Waals surface area (Å²) in [6.07, 6.45) is 0. The quantitative estimate of drug-likeness (QED) is 0.494. The van der Waals surface area contributed by atoms with E-state index in [1.54, 1.807) is 43.3 Å². The summed E-state index contributed by atoms with van der Waals surface area (Å²) in [5.41, 5.74) is 7.47. The first kappa shape index (κ1) is 23.3. The highest BCUT2D eigenvalue weighted by Crippen LogP contribution is 2.32. The Kier molecular flexibility index (Phi) is 8.32. The van der Waals surface area contributed by atoms with Crippen LogP contribution in [0.15, 0.2) is 36.4 Å². The van der Waals surface area contributed by atoms with Crippen LogP contribution in [-0.4, -0.2) is 37.8 Å². The van der Waals surface area contributed by atoms with Crippen molar-refractivity contribution < 1.29 is 28.9 Å². The van der Waals surface area contributed by atoms with Crippen LogP contribution in [0.4, 0.5) is 5.69 Å². The molecule has 4 N–H and O–H groups in total. The van der Waals surface area contributed by atoms with Gasteiger partial charge in [0.2, 0.25) is 5.91 Å². The largest absolute Gasteiger partial charge is 0.497 e. The number of anilines is 1. The molecule has 0 saturated carbocycles. The number of methoxy groups -OCH3 is 2. The molecule has 2 aromatic carbocycles. The number of amides is 1. The molecule has 0 aromatic heterocycles. The van der Waals surface area contributed by atoms with E-state index in [2.05, 4.69) is 5.32 Å². The maximum Gasteiger partial charge on any atom is 0.308 e. The minimum Gasteiger partial charge on any atom is -0.497 e. The molecular weight excluding hydrogens is 412 g/mol. The zero-order chi connectivity index (χ0) is 22.3. The number of aliphatic carboxylic acids is 1. The fraction of sp³-hybridized carbons (Fsp3) is 0.333. The van der Waals surface area contributed by atoms with E-state index < -0.39 is 23.8 Å². The first-order chi connectivity index (χ1) is 14.2. The molecule has 0 aliphatic rings. The lowest BCUT2D eigenvalue weighted by Crippen LogP contribution is -2.28. The van der Waals surface area contributed by atoms with E-state index in [1.807, 2.05) is 0 Å². The van der Waals surface area contributed by atoms with Crippen molar-refractivity contribution >= 4 is 29.2 Å². The van der Waals surface area contributed by atoms with Crippen LogP contribution in [0, 0.1) is 5.92 Å². The molecule has 0 bridgehead atoms. The lowest BCUT2D eigenvalue weighted by Gasteiger charge is -2.21. The topological polar surface area (TPSA) is 120 Å². The van der Waals surface area contributed by atoms with Crippen molar-refractivity contribution in [2.45, 2.75) is 19.6 Å². The second-order valence-electron chi connectivity index (χ2n) is 6.69. The van der Waals surface area contributed by atoms with Gasteiger partial charge in [0.15, 0.2) is 0 Å². The number of nitrogens with two attached hydrogens (primary N) is 1. The van der Waals surface area contributed by atoms with Crippen molar-refractivity contribution in [2.24, 2.45) is 11.7 Å². The van der Waals surface area contributed by atoms with Crippen LogP contribution in [-0.2, 0) is 20.9 Å². The molecule has 0 aliphatic carbocycles. The summed E-state index contributed by atoms with van der Waals surface area (Å²) in [6.45, 7) is 1.81. The van der Waals surface area contributed by atoms with Crippen molar-refractivity contribution in [1.82, 2.24) is 0 Å². The maximum atomic E-state index is 12.2. The molecule has 2 rings (SSSR count). The van der Waals surface area contributed by atoms with Gasteiger partial charge in [-0.1, -0.05) is 17.7 Å². The van der Waals surface area contributed by atoms with Gasteiger partial charge in [0.25, 0.3) is 0 Å². The number of nitrogens with one attached hydrogen (secondary N) is 1. The average molecular weight is 437 g/mol. The fourth-order valence-electron chi connectivity index (χ4n) is 2.76. The van der Waals surface area contributed by atoms with E-state index in [9.17, 15) is 9.59 Å². The molecule has 1 amide bonds. The Morgan fingerprint density at radius 3 is 2.50 bits per heavy atom. The van der Waals surface area contributed by atoms with E-state index >= 15 is 0 Å². The summed E-state index contributed by atoms with van der Waals surface area (Å²) in [5.74, 6) is -1.19. The number of hydrogen-bond donors (Lipinski definition) is 3. The molecule has 0 aliphatic heterocycles. The van der Waals surface area contributed by atoms with E-state index in [1.165, 1.54) is 14.2 Å². The number of primary amides is 1. The standard InChI is InChI=1S/C21H25ClN2O6/c1-12(21(26)27)10-30-11-13-6-15(9-16(7-13)28-2)24-19(20(23)25)17-5-4-14(22)8-18(17)29-3/h4-9,12,19,24H,10-11H2,1-3H3,(H2,23,25)(H,26,27). The lowest BCUT2D eigenvalue weighted by atomic mass is 10.0. The zero-order valence-corrected chi connectivity index (χ0v) is 17.7. The first-order valence-electron chi connectivity index (χ1n) is 9.13. The number of carboxylic acid groups (broad SMARTS) is 1. The van der Waals surface area contributed by atoms with Crippen molar-refractivity contribution in [3.05, 3.63) is 52.5 Å². The summed E-state index contributed by atoms with van der Waals surface area (Å²) in [5, 5.41) is 12.5. The Morgan fingerprint density at radius 1 is 1.17 bits per heavy atom.